The average molecular weight is 567 g/mol. The largest absolute Gasteiger partial charge is 0.496 e. The molecule has 0 amide bonds. The molecule has 6 nitrogen and oxygen atoms in total. The molecule has 40 heavy (non-hydrogen) atoms. The van der Waals surface area contributed by atoms with E-state index in [2.05, 4.69) is 6.07 Å². The summed E-state index contributed by atoms with van der Waals surface area (Å²) < 4.78 is 46.4. The monoisotopic (exact) mass is 566 g/mol. The van der Waals surface area contributed by atoms with Crippen LogP contribution in [0.4, 0.5) is 0 Å². The highest BCUT2D eigenvalue weighted by Gasteiger charge is 2.47. The fourth-order valence-electron chi connectivity index (χ4n) is 7.19. The molecule has 0 spiro atoms. The van der Waals surface area contributed by atoms with Crippen LogP contribution in [-0.4, -0.2) is 46.9 Å². The van der Waals surface area contributed by atoms with Crippen LogP contribution in [-0.2, 0) is 4.57 Å². The van der Waals surface area contributed by atoms with Crippen molar-refractivity contribution in [3.05, 3.63) is 36.4 Å². The lowest BCUT2D eigenvalue weighted by Gasteiger charge is -2.40. The van der Waals surface area contributed by atoms with E-state index in [-0.39, 0.29) is 11.3 Å². The normalized spacial score (nSPS) is 17.0. The number of hydrogen-bond donors (Lipinski definition) is 0. The van der Waals surface area contributed by atoms with Gasteiger partial charge in [-0.05, 0) is 25.7 Å². The second-order valence-corrected chi connectivity index (χ2v) is 14.4. The maximum atomic E-state index is 16.3. The molecule has 0 N–H and O–H groups in total. The molecule has 5 rings (SSSR count). The van der Waals surface area contributed by atoms with Gasteiger partial charge in [-0.1, -0.05) is 62.8 Å². The summed E-state index contributed by atoms with van der Waals surface area (Å²) >= 11 is 0. The van der Waals surface area contributed by atoms with Crippen LogP contribution in [0.2, 0.25) is 0 Å². The van der Waals surface area contributed by atoms with Crippen molar-refractivity contribution in [2.45, 2.75) is 75.5 Å². The van der Waals surface area contributed by atoms with E-state index in [9.17, 15) is 0 Å². The first-order chi connectivity index (χ1) is 19.5. The molecule has 0 saturated heterocycles. The molecule has 0 heterocycles. The van der Waals surface area contributed by atoms with E-state index in [1.165, 1.54) is 12.8 Å². The Morgan fingerprint density at radius 1 is 0.600 bits per heavy atom. The average Bonchev–Trinajstić information content (AvgIpc) is 3.03. The topological polar surface area (TPSA) is 63.2 Å². The van der Waals surface area contributed by atoms with Crippen LogP contribution in [0.3, 0.4) is 0 Å². The molecule has 216 valence electrons. The minimum Gasteiger partial charge on any atom is -0.496 e. The first kappa shape index (κ1) is 28.7. The third-order valence-corrected chi connectivity index (χ3v) is 13.4. The van der Waals surface area contributed by atoms with Gasteiger partial charge in [-0.3, -0.25) is 0 Å². The van der Waals surface area contributed by atoms with Gasteiger partial charge in [0, 0.05) is 39.8 Å². The van der Waals surface area contributed by atoms with Crippen molar-refractivity contribution in [3.63, 3.8) is 0 Å². The van der Waals surface area contributed by atoms with Crippen molar-refractivity contribution in [1.82, 2.24) is 0 Å². The first-order valence-electron chi connectivity index (χ1n) is 14.6. The maximum absolute atomic E-state index is 16.3. The molecule has 7 heteroatoms. The lowest BCUT2D eigenvalue weighted by Crippen LogP contribution is -2.32. The second-order valence-electron chi connectivity index (χ2n) is 11.0. The molecule has 2 saturated carbocycles. The third kappa shape index (κ3) is 4.83. The van der Waals surface area contributed by atoms with Crippen molar-refractivity contribution < 1.29 is 28.2 Å². The van der Waals surface area contributed by atoms with Crippen LogP contribution in [0.15, 0.2) is 36.4 Å². The summed E-state index contributed by atoms with van der Waals surface area (Å²) in [6, 6.07) is 11.8. The van der Waals surface area contributed by atoms with Crippen molar-refractivity contribution in [3.8, 4) is 39.9 Å². The summed E-state index contributed by atoms with van der Waals surface area (Å²) in [5, 5.41) is 2.62. The summed E-state index contributed by atoms with van der Waals surface area (Å²) in [6.07, 6.45) is 10.7. The zero-order chi connectivity index (χ0) is 28.3. The molecule has 0 bridgehead atoms. The number of methoxy groups -OCH3 is 5. The van der Waals surface area contributed by atoms with Gasteiger partial charge < -0.3 is 28.2 Å². The highest BCUT2D eigenvalue weighted by molar-refractivity contribution is 7.73. The lowest BCUT2D eigenvalue weighted by atomic mass is 9.96. The molecular weight excluding hydrogens is 523 g/mol. The summed E-state index contributed by atoms with van der Waals surface area (Å²) in [5.41, 5.74) is 1.69. The first-order valence-corrected chi connectivity index (χ1v) is 16.4. The van der Waals surface area contributed by atoms with Gasteiger partial charge in [0.25, 0.3) is 0 Å². The fourth-order valence-corrected chi connectivity index (χ4v) is 11.9. The number of hydrogen-bond acceptors (Lipinski definition) is 6. The van der Waals surface area contributed by atoms with Gasteiger partial charge in [0.05, 0.1) is 46.4 Å². The van der Waals surface area contributed by atoms with Gasteiger partial charge in [-0.2, -0.15) is 0 Å². The molecule has 0 aliphatic heterocycles. The van der Waals surface area contributed by atoms with E-state index >= 15 is 4.57 Å². The molecule has 3 aromatic rings. The highest BCUT2D eigenvalue weighted by atomic mass is 31.2. The summed E-state index contributed by atoms with van der Waals surface area (Å²) in [7, 11) is 5.25. The SMILES string of the molecule is COc1cc(OC)c(-c2c(P(=O)(C3CCCCC3)C3CCCCC3)c(OC)c3ccccc3c2OC)c(OC)c1. The Bertz CT molecular complexity index is 1340. The molecule has 0 unspecified atom stereocenters. The standard InChI is InChI=1S/C33H43O6P/c1-35-22-20-27(36-2)29(28(21-22)37-3)30-31(38-4)25-18-12-13-19-26(25)32(39-5)33(30)40(34,23-14-8-6-9-15-23)24-16-10-7-11-17-24/h12-13,18-21,23-24H,6-11,14-17H2,1-5H3. The van der Waals surface area contributed by atoms with Gasteiger partial charge >= 0.3 is 0 Å². The Labute approximate surface area is 238 Å². The summed E-state index contributed by atoms with van der Waals surface area (Å²) in [4.78, 5) is 0. The van der Waals surface area contributed by atoms with E-state index in [1.54, 1.807) is 35.5 Å². The van der Waals surface area contributed by atoms with E-state index < -0.39 is 7.14 Å². The van der Waals surface area contributed by atoms with Crippen molar-refractivity contribution >= 4 is 23.2 Å². The number of fused-ring (bicyclic) bond motifs is 1. The molecule has 0 radical (unpaired) electrons. The van der Waals surface area contributed by atoms with Crippen LogP contribution in [0, 0.1) is 0 Å². The van der Waals surface area contributed by atoms with Crippen LogP contribution in [0.5, 0.6) is 28.7 Å². The fraction of sp³-hybridized carbons (Fsp3) is 0.515. The maximum Gasteiger partial charge on any atom is 0.138 e. The lowest BCUT2D eigenvalue weighted by molar-refractivity contribution is 0.376. The number of rotatable bonds is 9. The zero-order valence-electron chi connectivity index (χ0n) is 24.6. The van der Waals surface area contributed by atoms with E-state index in [1.807, 2.05) is 30.3 Å². The second kappa shape index (κ2) is 12.3. The van der Waals surface area contributed by atoms with Crippen molar-refractivity contribution in [1.29, 1.82) is 0 Å². The van der Waals surface area contributed by atoms with Crippen molar-refractivity contribution in [2.75, 3.05) is 35.5 Å². The quantitative estimate of drug-likeness (QED) is 0.243. The van der Waals surface area contributed by atoms with E-state index in [0.717, 1.165) is 73.0 Å². The smallest absolute Gasteiger partial charge is 0.138 e. The molecule has 2 aliphatic carbocycles. The summed E-state index contributed by atoms with van der Waals surface area (Å²) in [6.45, 7) is 0. The number of ether oxygens (including phenoxy) is 5. The van der Waals surface area contributed by atoms with Crippen LogP contribution in [0.1, 0.15) is 64.2 Å². The van der Waals surface area contributed by atoms with E-state index in [0.29, 0.717) is 34.3 Å². The molecule has 2 fully saturated rings. The molecule has 3 aromatic carbocycles. The van der Waals surface area contributed by atoms with Gasteiger partial charge in [-0.15, -0.1) is 0 Å². The van der Waals surface area contributed by atoms with Crippen LogP contribution >= 0.6 is 7.14 Å². The Hall–Kier alpha value is -2.85. The van der Waals surface area contributed by atoms with Gasteiger partial charge in [0.15, 0.2) is 0 Å². The Morgan fingerprint density at radius 3 is 1.50 bits per heavy atom. The molecule has 2 aliphatic rings. The van der Waals surface area contributed by atoms with Gasteiger partial charge in [0.2, 0.25) is 0 Å². The van der Waals surface area contributed by atoms with Gasteiger partial charge in [-0.25, -0.2) is 0 Å². The Kier molecular flexibility index (Phi) is 8.85. The Balaban J connectivity index is 1.98. The van der Waals surface area contributed by atoms with Crippen molar-refractivity contribution in [2.24, 2.45) is 0 Å². The molecular formula is C33H43O6P. The minimum absolute atomic E-state index is 0.109. The van der Waals surface area contributed by atoms with Crippen LogP contribution < -0.4 is 29.0 Å². The third-order valence-electron chi connectivity index (χ3n) is 9.05. The Morgan fingerprint density at radius 2 is 1.07 bits per heavy atom. The summed E-state index contributed by atoms with van der Waals surface area (Å²) in [5.74, 6) is 3.12. The van der Waals surface area contributed by atoms with Crippen LogP contribution in [0.25, 0.3) is 21.9 Å². The predicted molar refractivity (Wildman–Crippen MR) is 163 cm³/mol. The zero-order valence-corrected chi connectivity index (χ0v) is 25.5. The highest BCUT2D eigenvalue weighted by Crippen LogP contribution is 2.66. The molecule has 0 aromatic heterocycles. The predicted octanol–water partition coefficient (Wildman–Crippen LogP) is 8.20. The molecule has 0 atom stereocenters. The van der Waals surface area contributed by atoms with Gasteiger partial charge in [0.1, 0.15) is 35.9 Å². The minimum atomic E-state index is -3.05. The van der Waals surface area contributed by atoms with E-state index in [4.69, 9.17) is 23.7 Å². The number of benzene rings is 3.